The molecule has 0 aliphatic heterocycles. The number of halogens is 1. The Morgan fingerprint density at radius 1 is 1.03 bits per heavy atom. The first kappa shape index (κ1) is 20.7. The summed E-state index contributed by atoms with van der Waals surface area (Å²) in [5.41, 5.74) is 4.62. The Kier molecular flexibility index (Phi) is 6.14. The average Bonchev–Trinajstić information content (AvgIpc) is 3.51. The number of sulfonamides is 1. The van der Waals surface area contributed by atoms with Crippen LogP contribution in [0.2, 0.25) is 0 Å². The summed E-state index contributed by atoms with van der Waals surface area (Å²) in [7, 11) is -3.60. The van der Waals surface area contributed by atoms with Crippen molar-refractivity contribution in [3.05, 3.63) is 59.9 Å². The van der Waals surface area contributed by atoms with Crippen LogP contribution >= 0.6 is 0 Å². The molecule has 0 heterocycles. The summed E-state index contributed by atoms with van der Waals surface area (Å²) in [6.45, 7) is 1.47. The minimum atomic E-state index is -3.60. The van der Waals surface area contributed by atoms with E-state index >= 15 is 0 Å². The Morgan fingerprint density at radius 3 is 2.24 bits per heavy atom. The lowest BCUT2D eigenvalue weighted by molar-refractivity contribution is -0.128. The van der Waals surface area contributed by atoms with Gasteiger partial charge >= 0.3 is 0 Å². The van der Waals surface area contributed by atoms with E-state index in [0.717, 1.165) is 12.8 Å². The van der Waals surface area contributed by atoms with Crippen molar-refractivity contribution < 1.29 is 27.1 Å². The van der Waals surface area contributed by atoms with Gasteiger partial charge in [-0.3, -0.25) is 20.4 Å². The number of hydrogen-bond acceptors (Lipinski definition) is 5. The lowest BCUT2D eigenvalue weighted by Crippen LogP contribution is -2.47. The van der Waals surface area contributed by atoms with Crippen LogP contribution < -0.4 is 20.3 Å². The zero-order valence-corrected chi connectivity index (χ0v) is 16.3. The molecule has 2 amide bonds. The van der Waals surface area contributed by atoms with Gasteiger partial charge in [0, 0.05) is 11.6 Å². The molecule has 8 nitrogen and oxygen atoms in total. The molecule has 0 spiro atoms. The maximum absolute atomic E-state index is 12.9. The van der Waals surface area contributed by atoms with Gasteiger partial charge in [0.05, 0.1) is 4.90 Å². The number of ether oxygens (including phenoxy) is 1. The van der Waals surface area contributed by atoms with Crippen molar-refractivity contribution in [1.82, 2.24) is 15.6 Å². The smallest absolute Gasteiger partial charge is 0.279 e. The van der Waals surface area contributed by atoms with E-state index in [9.17, 15) is 22.4 Å². The molecular weight excluding hydrogens is 401 g/mol. The highest BCUT2D eigenvalue weighted by Gasteiger charge is 2.28. The zero-order chi connectivity index (χ0) is 21.0. The summed E-state index contributed by atoms with van der Waals surface area (Å²) in [6.07, 6.45) is 0.701. The first-order valence-electron chi connectivity index (χ1n) is 8.89. The Balaban J connectivity index is 1.51. The van der Waals surface area contributed by atoms with Gasteiger partial charge in [0.25, 0.3) is 11.8 Å². The number of carbonyl (C=O) groups excluding carboxylic acids is 2. The normalized spacial score (nSPS) is 14.7. The molecule has 1 saturated carbocycles. The maximum atomic E-state index is 12.9. The van der Waals surface area contributed by atoms with E-state index < -0.39 is 33.8 Å². The second-order valence-electron chi connectivity index (χ2n) is 6.58. The summed E-state index contributed by atoms with van der Waals surface area (Å²) < 4.78 is 45.0. The minimum absolute atomic E-state index is 0.0164. The molecule has 0 saturated heterocycles. The third-order valence-electron chi connectivity index (χ3n) is 4.12. The van der Waals surface area contributed by atoms with Crippen molar-refractivity contribution >= 4 is 21.8 Å². The number of rotatable bonds is 7. The molecule has 2 aromatic rings. The van der Waals surface area contributed by atoms with Crippen LogP contribution in [0.25, 0.3) is 0 Å². The predicted molar refractivity (Wildman–Crippen MR) is 102 cm³/mol. The molecule has 1 fully saturated rings. The number of hydrazine groups is 1. The van der Waals surface area contributed by atoms with E-state index in [1.807, 2.05) is 0 Å². The van der Waals surface area contributed by atoms with Crippen LogP contribution in [0.4, 0.5) is 4.39 Å². The van der Waals surface area contributed by atoms with Gasteiger partial charge in [-0.15, -0.1) is 0 Å². The first-order valence-corrected chi connectivity index (χ1v) is 10.4. The zero-order valence-electron chi connectivity index (χ0n) is 15.5. The van der Waals surface area contributed by atoms with Crippen LogP contribution in [-0.2, 0) is 14.8 Å². The first-order chi connectivity index (χ1) is 13.7. The molecule has 1 unspecified atom stereocenters. The third kappa shape index (κ3) is 5.75. The number of hydrogen-bond donors (Lipinski definition) is 3. The largest absolute Gasteiger partial charge is 0.481 e. The fraction of sp³-hybridized carbons (Fsp3) is 0.263. The van der Waals surface area contributed by atoms with Gasteiger partial charge in [0.1, 0.15) is 11.6 Å². The molecule has 10 heteroatoms. The molecule has 3 rings (SSSR count). The van der Waals surface area contributed by atoms with Crippen molar-refractivity contribution in [1.29, 1.82) is 0 Å². The minimum Gasteiger partial charge on any atom is -0.481 e. The fourth-order valence-electron chi connectivity index (χ4n) is 2.34. The lowest BCUT2D eigenvalue weighted by atomic mass is 10.2. The van der Waals surface area contributed by atoms with Crippen molar-refractivity contribution in [2.24, 2.45) is 0 Å². The molecule has 29 heavy (non-hydrogen) atoms. The summed E-state index contributed by atoms with van der Waals surface area (Å²) >= 11 is 0. The molecule has 0 bridgehead atoms. The van der Waals surface area contributed by atoms with E-state index in [2.05, 4.69) is 15.6 Å². The number of amides is 2. The summed E-state index contributed by atoms with van der Waals surface area (Å²) in [4.78, 5) is 24.2. The molecule has 0 aromatic heterocycles. The van der Waals surface area contributed by atoms with Crippen LogP contribution in [0, 0.1) is 5.82 Å². The highest BCUT2D eigenvalue weighted by Crippen LogP contribution is 2.22. The number of nitrogens with one attached hydrogen (secondary N) is 3. The Labute approximate surface area is 167 Å². The van der Waals surface area contributed by atoms with Gasteiger partial charge in [0.2, 0.25) is 10.0 Å². The monoisotopic (exact) mass is 421 g/mol. The standard InChI is InChI=1S/C19H20FN3O5S/c1-12(28-16-8-4-14(20)5-9-16)18(24)21-22-19(25)13-2-10-17(11-3-13)29(26,27)23-15-6-7-15/h2-5,8-12,15,23H,6-7H2,1H3,(H,21,24)(H,22,25). The highest BCUT2D eigenvalue weighted by molar-refractivity contribution is 7.89. The van der Waals surface area contributed by atoms with Gasteiger partial charge < -0.3 is 4.74 Å². The predicted octanol–water partition coefficient (Wildman–Crippen LogP) is 1.49. The maximum Gasteiger partial charge on any atom is 0.279 e. The molecule has 1 atom stereocenters. The number of benzene rings is 2. The molecule has 3 N–H and O–H groups in total. The SMILES string of the molecule is CC(Oc1ccc(F)cc1)C(=O)NNC(=O)c1ccc(S(=O)(=O)NC2CC2)cc1. The van der Waals surface area contributed by atoms with E-state index in [0.29, 0.717) is 5.75 Å². The van der Waals surface area contributed by atoms with Crippen LogP contribution in [0.15, 0.2) is 53.4 Å². The van der Waals surface area contributed by atoms with Gasteiger partial charge in [-0.2, -0.15) is 0 Å². The molecule has 154 valence electrons. The van der Waals surface area contributed by atoms with E-state index in [-0.39, 0.29) is 16.5 Å². The summed E-state index contributed by atoms with van der Waals surface area (Å²) in [5, 5.41) is 0. The van der Waals surface area contributed by atoms with E-state index in [1.54, 1.807) is 0 Å². The average molecular weight is 421 g/mol. The summed E-state index contributed by atoms with van der Waals surface area (Å²) in [5.74, 6) is -1.36. The summed E-state index contributed by atoms with van der Waals surface area (Å²) in [6, 6.07) is 10.5. The second-order valence-corrected chi connectivity index (χ2v) is 8.29. The van der Waals surface area contributed by atoms with Crippen LogP contribution in [-0.4, -0.2) is 32.4 Å². The van der Waals surface area contributed by atoms with Gasteiger partial charge in [0.15, 0.2) is 6.10 Å². The number of carbonyl (C=O) groups is 2. The Bertz CT molecular complexity index is 990. The van der Waals surface area contributed by atoms with Crippen LogP contribution in [0.3, 0.4) is 0 Å². The van der Waals surface area contributed by atoms with E-state index in [4.69, 9.17) is 4.74 Å². The van der Waals surface area contributed by atoms with Crippen LogP contribution in [0.5, 0.6) is 5.75 Å². The van der Waals surface area contributed by atoms with Crippen molar-refractivity contribution in [3.8, 4) is 5.75 Å². The lowest BCUT2D eigenvalue weighted by Gasteiger charge is -2.15. The molecule has 0 radical (unpaired) electrons. The van der Waals surface area contributed by atoms with Crippen molar-refractivity contribution in [3.63, 3.8) is 0 Å². The molecule has 2 aromatic carbocycles. The quantitative estimate of drug-likeness (QED) is 0.587. The third-order valence-corrected chi connectivity index (χ3v) is 5.66. The fourth-order valence-corrected chi connectivity index (χ4v) is 3.64. The van der Waals surface area contributed by atoms with E-state index in [1.165, 1.54) is 55.5 Å². The second kappa shape index (κ2) is 8.58. The molecular formula is C19H20FN3O5S. The highest BCUT2D eigenvalue weighted by atomic mass is 32.2. The van der Waals surface area contributed by atoms with Gasteiger partial charge in [-0.25, -0.2) is 17.5 Å². The molecule has 1 aliphatic carbocycles. The molecule has 1 aliphatic rings. The Morgan fingerprint density at radius 2 is 1.66 bits per heavy atom. The van der Waals surface area contributed by atoms with Gasteiger partial charge in [-0.05, 0) is 68.3 Å². The van der Waals surface area contributed by atoms with Gasteiger partial charge in [-0.1, -0.05) is 0 Å². The Hall–Kier alpha value is -2.98. The van der Waals surface area contributed by atoms with Crippen molar-refractivity contribution in [2.75, 3.05) is 0 Å². The topological polar surface area (TPSA) is 114 Å². The van der Waals surface area contributed by atoms with Crippen molar-refractivity contribution in [2.45, 2.75) is 36.8 Å². The van der Waals surface area contributed by atoms with Crippen LogP contribution in [0.1, 0.15) is 30.1 Å².